The van der Waals surface area contributed by atoms with E-state index in [2.05, 4.69) is 5.32 Å². The van der Waals surface area contributed by atoms with E-state index in [1.54, 1.807) is 18.2 Å². The number of hydrogen-bond acceptors (Lipinski definition) is 5. The fourth-order valence-electron chi connectivity index (χ4n) is 3.17. The van der Waals surface area contributed by atoms with Gasteiger partial charge in [0.1, 0.15) is 11.2 Å². The smallest absolute Gasteiger partial charge is 0.344 e. The summed E-state index contributed by atoms with van der Waals surface area (Å²) in [7, 11) is 0. The van der Waals surface area contributed by atoms with E-state index in [0.29, 0.717) is 22.3 Å². The van der Waals surface area contributed by atoms with Crippen molar-refractivity contribution in [1.82, 2.24) is 0 Å². The van der Waals surface area contributed by atoms with Crippen LogP contribution in [0.15, 0.2) is 67.0 Å². The van der Waals surface area contributed by atoms with Gasteiger partial charge in [-0.3, -0.25) is 0 Å². The van der Waals surface area contributed by atoms with E-state index in [9.17, 15) is 9.59 Å². The lowest BCUT2D eigenvalue weighted by Gasteiger charge is -2.08. The van der Waals surface area contributed by atoms with Crippen LogP contribution in [0.3, 0.4) is 0 Å². The number of rotatable bonds is 3. The summed E-state index contributed by atoms with van der Waals surface area (Å²) in [6, 6.07) is 14.3. The number of fused-ring (bicyclic) bond motifs is 2. The Morgan fingerprint density at radius 3 is 2.62 bits per heavy atom. The Morgan fingerprint density at radius 2 is 1.81 bits per heavy atom. The molecule has 0 saturated heterocycles. The van der Waals surface area contributed by atoms with Crippen molar-refractivity contribution in [2.45, 2.75) is 13.8 Å². The lowest BCUT2D eigenvalue weighted by molar-refractivity contribution is 0.555. The minimum atomic E-state index is -0.470. The van der Waals surface area contributed by atoms with Gasteiger partial charge in [-0.05, 0) is 37.6 Å². The van der Waals surface area contributed by atoms with E-state index in [-0.39, 0.29) is 0 Å². The van der Waals surface area contributed by atoms with Gasteiger partial charge in [-0.15, -0.1) is 0 Å². The zero-order valence-corrected chi connectivity index (χ0v) is 14.5. The van der Waals surface area contributed by atoms with Crippen LogP contribution in [0.5, 0.6) is 0 Å². The highest BCUT2D eigenvalue weighted by atomic mass is 16.4. The number of hydrogen-bond donors (Lipinski definition) is 1. The van der Waals surface area contributed by atoms with Gasteiger partial charge >= 0.3 is 11.3 Å². The summed E-state index contributed by atoms with van der Waals surface area (Å²) >= 11 is 0. The van der Waals surface area contributed by atoms with Crippen LogP contribution >= 0.6 is 0 Å². The first-order chi connectivity index (χ1) is 12.6. The molecule has 1 N–H and O–H groups in total. The Balaban J connectivity index is 1.99. The first-order valence-corrected chi connectivity index (χ1v) is 8.42. The van der Waals surface area contributed by atoms with Gasteiger partial charge in [0.15, 0.2) is 0 Å². The zero-order chi connectivity index (χ0) is 18.3. The molecule has 0 spiro atoms. The molecular weight excluding hydrogens is 330 g/mol. The molecule has 0 aliphatic heterocycles. The van der Waals surface area contributed by atoms with Crippen LogP contribution in [-0.2, 0) is 0 Å². The van der Waals surface area contributed by atoms with Crippen molar-refractivity contribution in [1.29, 1.82) is 0 Å². The van der Waals surface area contributed by atoms with Crippen LogP contribution in [-0.4, -0.2) is 6.54 Å². The summed E-state index contributed by atoms with van der Waals surface area (Å²) in [5, 5.41) is 4.79. The lowest BCUT2D eigenvalue weighted by atomic mass is 10.0. The Labute approximate surface area is 148 Å². The molecule has 5 heteroatoms. The second-order valence-corrected chi connectivity index (χ2v) is 6.16. The molecule has 26 heavy (non-hydrogen) atoms. The molecule has 2 aromatic carbocycles. The molecule has 0 aliphatic carbocycles. The Kier molecular flexibility index (Phi) is 3.84. The second-order valence-electron chi connectivity index (χ2n) is 6.16. The molecule has 0 atom stereocenters. The minimum absolute atomic E-state index is 0.369. The molecule has 2 heterocycles. The van der Waals surface area contributed by atoms with Gasteiger partial charge in [-0.1, -0.05) is 18.2 Å². The average molecular weight is 347 g/mol. The maximum atomic E-state index is 12.6. The topological polar surface area (TPSA) is 72.5 Å². The van der Waals surface area contributed by atoms with Crippen molar-refractivity contribution < 1.29 is 8.83 Å². The monoisotopic (exact) mass is 347 g/mol. The number of benzene rings is 2. The SMILES string of the molecule is CCNc1ccc2cc(-c3cccc4c(C)cc(=O)oc34)c(=O)oc2c1. The van der Waals surface area contributed by atoms with Crippen molar-refractivity contribution in [2.75, 3.05) is 11.9 Å². The summed E-state index contributed by atoms with van der Waals surface area (Å²) in [4.78, 5) is 24.4. The van der Waals surface area contributed by atoms with Gasteiger partial charge in [0.05, 0.1) is 5.56 Å². The molecule has 5 nitrogen and oxygen atoms in total. The molecule has 4 rings (SSSR count). The molecule has 0 fully saturated rings. The van der Waals surface area contributed by atoms with E-state index in [1.165, 1.54) is 6.07 Å². The number of nitrogens with one attached hydrogen (secondary N) is 1. The third kappa shape index (κ3) is 2.67. The standard InChI is InChI=1S/C21H17NO4/c1-3-22-14-8-7-13-10-17(21(24)25-18(13)11-14)16-6-4-5-15-12(2)9-19(23)26-20(15)16/h4-11,22H,3H2,1-2H3. The number of aryl methyl sites for hydroxylation is 1. The van der Waals surface area contributed by atoms with Crippen LogP contribution in [0.2, 0.25) is 0 Å². The van der Waals surface area contributed by atoms with Gasteiger partial charge in [0, 0.05) is 40.7 Å². The largest absolute Gasteiger partial charge is 0.422 e. The summed E-state index contributed by atoms with van der Waals surface area (Å²) in [5.74, 6) is 0. The molecule has 0 unspecified atom stereocenters. The predicted octanol–water partition coefficient (Wildman–Crippen LogP) is 4.31. The third-order valence-corrected chi connectivity index (χ3v) is 4.38. The molecule has 2 aromatic heterocycles. The third-order valence-electron chi connectivity index (χ3n) is 4.38. The van der Waals surface area contributed by atoms with Gasteiger partial charge in [-0.25, -0.2) is 9.59 Å². The highest BCUT2D eigenvalue weighted by molar-refractivity contribution is 5.95. The fourth-order valence-corrected chi connectivity index (χ4v) is 3.17. The van der Waals surface area contributed by atoms with Gasteiger partial charge in [-0.2, -0.15) is 0 Å². The predicted molar refractivity (Wildman–Crippen MR) is 103 cm³/mol. The van der Waals surface area contributed by atoms with E-state index in [1.807, 2.05) is 38.1 Å². The molecule has 0 radical (unpaired) electrons. The van der Waals surface area contributed by atoms with Crippen molar-refractivity contribution in [3.8, 4) is 11.1 Å². The molecule has 0 aliphatic rings. The van der Waals surface area contributed by atoms with Crippen molar-refractivity contribution in [2.24, 2.45) is 0 Å². The molecule has 130 valence electrons. The summed E-state index contributed by atoms with van der Waals surface area (Å²) in [5.41, 5.74) is 2.61. The van der Waals surface area contributed by atoms with Crippen LogP contribution in [0, 0.1) is 6.92 Å². The summed E-state index contributed by atoms with van der Waals surface area (Å²) in [6.45, 7) is 4.62. The molecule has 0 amide bonds. The molecule has 0 bridgehead atoms. The van der Waals surface area contributed by atoms with Gasteiger partial charge in [0.25, 0.3) is 0 Å². The molecule has 0 saturated carbocycles. The molecular formula is C21H17NO4. The highest BCUT2D eigenvalue weighted by Crippen LogP contribution is 2.29. The maximum Gasteiger partial charge on any atom is 0.344 e. The van der Waals surface area contributed by atoms with E-state index in [0.717, 1.165) is 28.6 Å². The van der Waals surface area contributed by atoms with E-state index >= 15 is 0 Å². The van der Waals surface area contributed by atoms with Gasteiger partial charge in [0.2, 0.25) is 0 Å². The van der Waals surface area contributed by atoms with Crippen LogP contribution in [0.25, 0.3) is 33.1 Å². The fraction of sp³-hybridized carbons (Fsp3) is 0.143. The van der Waals surface area contributed by atoms with Crippen LogP contribution < -0.4 is 16.6 Å². The second kappa shape index (κ2) is 6.19. The van der Waals surface area contributed by atoms with Gasteiger partial charge < -0.3 is 14.2 Å². The molecule has 4 aromatic rings. The number of anilines is 1. The van der Waals surface area contributed by atoms with Crippen molar-refractivity contribution in [3.63, 3.8) is 0 Å². The Hall–Kier alpha value is -3.34. The highest BCUT2D eigenvalue weighted by Gasteiger charge is 2.14. The van der Waals surface area contributed by atoms with Crippen molar-refractivity contribution in [3.05, 3.63) is 74.9 Å². The van der Waals surface area contributed by atoms with E-state index < -0.39 is 11.3 Å². The maximum absolute atomic E-state index is 12.6. The Bertz CT molecular complexity index is 1250. The average Bonchev–Trinajstić information content (AvgIpc) is 2.61. The van der Waals surface area contributed by atoms with Crippen molar-refractivity contribution >= 4 is 27.6 Å². The first kappa shape index (κ1) is 16.1. The summed E-state index contributed by atoms with van der Waals surface area (Å²) in [6.07, 6.45) is 0. The van der Waals surface area contributed by atoms with E-state index in [4.69, 9.17) is 8.83 Å². The van der Waals surface area contributed by atoms with Crippen LogP contribution in [0.1, 0.15) is 12.5 Å². The quantitative estimate of drug-likeness (QED) is 0.559. The lowest BCUT2D eigenvalue weighted by Crippen LogP contribution is -2.05. The number of para-hydroxylation sites is 1. The first-order valence-electron chi connectivity index (χ1n) is 8.42. The normalized spacial score (nSPS) is 11.2. The Morgan fingerprint density at radius 1 is 0.962 bits per heavy atom. The minimum Gasteiger partial charge on any atom is -0.422 e. The zero-order valence-electron chi connectivity index (χ0n) is 14.5. The van der Waals surface area contributed by atoms with Crippen LogP contribution in [0.4, 0.5) is 5.69 Å². The summed E-state index contributed by atoms with van der Waals surface area (Å²) < 4.78 is 10.9.